The van der Waals surface area contributed by atoms with Crippen LogP contribution in [0.4, 0.5) is 0 Å². The van der Waals surface area contributed by atoms with Gasteiger partial charge < -0.3 is 5.32 Å². The molecule has 0 aliphatic carbocycles. The molecule has 0 atom stereocenters. The molecule has 0 aliphatic heterocycles. The first-order valence-electron chi connectivity index (χ1n) is 6.80. The molecular weight excluding hydrogens is 282 g/mol. The second-order valence-electron chi connectivity index (χ2n) is 4.88. The van der Waals surface area contributed by atoms with Gasteiger partial charge in [0.25, 0.3) is 0 Å². The lowest BCUT2D eigenvalue weighted by Crippen LogP contribution is -2.41. The third-order valence-electron chi connectivity index (χ3n) is 2.63. The molecule has 1 heterocycles. The fourth-order valence-corrected chi connectivity index (χ4v) is 1.67. The summed E-state index contributed by atoms with van der Waals surface area (Å²) in [5.74, 6) is -1.52. The molecule has 7 heteroatoms. The minimum atomic E-state index is -0.805. The minimum absolute atomic E-state index is 0.105. The van der Waals surface area contributed by atoms with E-state index in [-0.39, 0.29) is 6.04 Å². The van der Waals surface area contributed by atoms with Gasteiger partial charge in [0, 0.05) is 17.8 Å². The molecule has 0 unspecified atom stereocenters. The molecule has 2 rings (SSSR count). The van der Waals surface area contributed by atoms with Crippen molar-refractivity contribution in [3.05, 3.63) is 48.3 Å². The molecule has 1 aromatic heterocycles. The van der Waals surface area contributed by atoms with Gasteiger partial charge in [-0.25, -0.2) is 10.1 Å². The highest BCUT2D eigenvalue weighted by Gasteiger charge is 2.12. The van der Waals surface area contributed by atoms with Gasteiger partial charge in [-0.3, -0.25) is 9.59 Å². The highest BCUT2D eigenvalue weighted by Crippen LogP contribution is 2.06. The summed E-state index contributed by atoms with van der Waals surface area (Å²) >= 11 is 0. The molecule has 2 N–H and O–H groups in total. The van der Waals surface area contributed by atoms with Crippen molar-refractivity contribution in [1.29, 1.82) is 0 Å². The molecule has 1 aromatic carbocycles. The first-order chi connectivity index (χ1) is 10.6. The van der Waals surface area contributed by atoms with Crippen molar-refractivity contribution in [3.63, 3.8) is 0 Å². The molecule has 0 spiro atoms. The van der Waals surface area contributed by atoms with E-state index in [1.807, 2.05) is 30.3 Å². The molecule has 0 aliphatic rings. The average molecular weight is 299 g/mol. The van der Waals surface area contributed by atoms with Crippen LogP contribution in [0.3, 0.4) is 0 Å². The topological polar surface area (TPSA) is 88.4 Å². The molecule has 0 radical (unpaired) electrons. The van der Waals surface area contributed by atoms with Gasteiger partial charge in [0.2, 0.25) is 0 Å². The van der Waals surface area contributed by atoms with Crippen LogP contribution < -0.4 is 10.7 Å². The number of para-hydroxylation sites is 1. The smallest absolute Gasteiger partial charge is 0.329 e. The van der Waals surface area contributed by atoms with Gasteiger partial charge in [-0.2, -0.15) is 10.2 Å². The van der Waals surface area contributed by atoms with E-state index in [9.17, 15) is 9.59 Å². The second-order valence-corrected chi connectivity index (χ2v) is 4.88. The fourth-order valence-electron chi connectivity index (χ4n) is 1.67. The quantitative estimate of drug-likeness (QED) is 0.498. The van der Waals surface area contributed by atoms with Crippen molar-refractivity contribution >= 4 is 18.0 Å². The number of nitrogens with zero attached hydrogens (tertiary/aromatic N) is 3. The van der Waals surface area contributed by atoms with Crippen LogP contribution in [0.5, 0.6) is 0 Å². The van der Waals surface area contributed by atoms with E-state index in [0.717, 1.165) is 5.69 Å². The maximum Gasteiger partial charge on any atom is 0.329 e. The van der Waals surface area contributed by atoms with Gasteiger partial charge >= 0.3 is 11.8 Å². The third kappa shape index (κ3) is 4.27. The summed E-state index contributed by atoms with van der Waals surface area (Å²) in [6.45, 7) is 3.54. The highest BCUT2D eigenvalue weighted by atomic mass is 16.2. The van der Waals surface area contributed by atoms with Crippen molar-refractivity contribution < 1.29 is 9.59 Å². The van der Waals surface area contributed by atoms with Crippen molar-refractivity contribution in [1.82, 2.24) is 20.5 Å². The minimum Gasteiger partial charge on any atom is -0.346 e. The Kier molecular flexibility index (Phi) is 5.02. The SMILES string of the molecule is CC(C)NC(=O)C(=O)N/N=C\c1cnn(-c2ccccc2)c1. The maximum absolute atomic E-state index is 11.4. The van der Waals surface area contributed by atoms with Crippen LogP contribution in [0, 0.1) is 0 Å². The molecule has 0 fully saturated rings. The van der Waals surface area contributed by atoms with E-state index < -0.39 is 11.8 Å². The molecule has 22 heavy (non-hydrogen) atoms. The number of amides is 2. The standard InChI is InChI=1S/C15H17N5O2/c1-11(2)18-14(21)15(22)19-16-8-12-9-17-20(10-12)13-6-4-3-5-7-13/h3-11H,1-2H3,(H,18,21)(H,19,22)/b16-8-. The van der Waals surface area contributed by atoms with E-state index in [1.165, 1.54) is 6.21 Å². The lowest BCUT2D eigenvalue weighted by atomic mass is 10.3. The van der Waals surface area contributed by atoms with Crippen LogP contribution in [-0.2, 0) is 9.59 Å². The van der Waals surface area contributed by atoms with Crippen molar-refractivity contribution in [2.75, 3.05) is 0 Å². The Hall–Kier alpha value is -2.96. The Labute approximate surface area is 128 Å². The summed E-state index contributed by atoms with van der Waals surface area (Å²) in [7, 11) is 0. The van der Waals surface area contributed by atoms with Crippen LogP contribution in [0.25, 0.3) is 5.69 Å². The number of hydrogen-bond donors (Lipinski definition) is 2. The van der Waals surface area contributed by atoms with E-state index in [1.54, 1.807) is 30.9 Å². The van der Waals surface area contributed by atoms with E-state index >= 15 is 0 Å². The highest BCUT2D eigenvalue weighted by molar-refractivity contribution is 6.35. The zero-order chi connectivity index (χ0) is 15.9. The van der Waals surface area contributed by atoms with Crippen molar-refractivity contribution in [2.24, 2.45) is 5.10 Å². The number of carbonyl (C=O) groups excluding carboxylic acids is 2. The first kappa shape index (κ1) is 15.4. The van der Waals surface area contributed by atoms with Gasteiger partial charge in [0.05, 0.1) is 18.1 Å². The van der Waals surface area contributed by atoms with Crippen LogP contribution in [0.15, 0.2) is 47.8 Å². The average Bonchev–Trinajstić information content (AvgIpc) is 2.96. The largest absolute Gasteiger partial charge is 0.346 e. The molecule has 7 nitrogen and oxygen atoms in total. The zero-order valence-electron chi connectivity index (χ0n) is 12.4. The summed E-state index contributed by atoms with van der Waals surface area (Å²) in [6, 6.07) is 9.49. The van der Waals surface area contributed by atoms with Crippen LogP contribution in [0.2, 0.25) is 0 Å². The van der Waals surface area contributed by atoms with Crippen molar-refractivity contribution in [3.8, 4) is 5.69 Å². The molecule has 0 saturated heterocycles. The lowest BCUT2D eigenvalue weighted by Gasteiger charge is -2.05. The van der Waals surface area contributed by atoms with E-state index in [2.05, 4.69) is 20.9 Å². The van der Waals surface area contributed by atoms with E-state index in [0.29, 0.717) is 5.56 Å². The summed E-state index contributed by atoms with van der Waals surface area (Å²) in [6.07, 6.45) is 4.79. The third-order valence-corrected chi connectivity index (χ3v) is 2.63. The number of carbonyl (C=O) groups is 2. The summed E-state index contributed by atoms with van der Waals surface area (Å²) in [4.78, 5) is 22.8. The Morgan fingerprint density at radius 2 is 1.95 bits per heavy atom. The van der Waals surface area contributed by atoms with Gasteiger partial charge in [0.15, 0.2) is 0 Å². The Morgan fingerprint density at radius 3 is 2.64 bits per heavy atom. The fraction of sp³-hybridized carbons (Fsp3) is 0.200. The molecule has 2 amide bonds. The van der Waals surface area contributed by atoms with E-state index in [4.69, 9.17) is 0 Å². The maximum atomic E-state index is 11.4. The molecule has 2 aromatic rings. The summed E-state index contributed by atoms with van der Waals surface area (Å²) < 4.78 is 1.69. The Morgan fingerprint density at radius 1 is 1.23 bits per heavy atom. The molecule has 0 bridgehead atoms. The normalized spacial score (nSPS) is 10.9. The monoisotopic (exact) mass is 299 g/mol. The van der Waals surface area contributed by atoms with Gasteiger partial charge in [-0.15, -0.1) is 0 Å². The van der Waals surface area contributed by atoms with Gasteiger partial charge in [0.1, 0.15) is 0 Å². The van der Waals surface area contributed by atoms with Crippen molar-refractivity contribution in [2.45, 2.75) is 19.9 Å². The summed E-state index contributed by atoms with van der Waals surface area (Å²) in [5, 5.41) is 10.4. The number of hydrazone groups is 1. The van der Waals surface area contributed by atoms with Crippen LogP contribution >= 0.6 is 0 Å². The second kappa shape index (κ2) is 7.16. The number of nitrogens with one attached hydrogen (secondary N) is 2. The lowest BCUT2D eigenvalue weighted by molar-refractivity contribution is -0.139. The van der Waals surface area contributed by atoms with Gasteiger partial charge in [-0.05, 0) is 26.0 Å². The van der Waals surface area contributed by atoms with Crippen LogP contribution in [-0.4, -0.2) is 33.9 Å². The number of aromatic nitrogens is 2. The molecular formula is C15H17N5O2. The predicted molar refractivity (Wildman–Crippen MR) is 82.6 cm³/mol. The zero-order valence-corrected chi connectivity index (χ0v) is 12.4. The number of rotatable bonds is 4. The molecule has 114 valence electrons. The number of benzene rings is 1. The molecule has 0 saturated carbocycles. The van der Waals surface area contributed by atoms with Gasteiger partial charge in [-0.1, -0.05) is 18.2 Å². The first-order valence-corrected chi connectivity index (χ1v) is 6.80. The Bertz CT molecular complexity index is 676. The predicted octanol–water partition coefficient (Wildman–Crippen LogP) is 0.847. The number of hydrogen-bond acceptors (Lipinski definition) is 4. The van der Waals surface area contributed by atoms with Crippen LogP contribution in [0.1, 0.15) is 19.4 Å². The summed E-state index contributed by atoms with van der Waals surface area (Å²) in [5.41, 5.74) is 3.79. The Balaban J connectivity index is 1.93.